The fraction of sp³-hybridized carbons (Fsp3) is 0.294. The van der Waals surface area contributed by atoms with Crippen LogP contribution in [0.2, 0.25) is 0 Å². The van der Waals surface area contributed by atoms with Gasteiger partial charge in [-0.2, -0.15) is 0 Å². The molecule has 0 unspecified atom stereocenters. The average Bonchev–Trinajstić information content (AvgIpc) is 2.91. The van der Waals surface area contributed by atoms with Gasteiger partial charge in [0, 0.05) is 16.9 Å². The number of hydrogen-bond acceptors (Lipinski definition) is 7. The van der Waals surface area contributed by atoms with E-state index in [0.717, 1.165) is 11.3 Å². The molecule has 0 saturated heterocycles. The van der Waals surface area contributed by atoms with Gasteiger partial charge in [-0.1, -0.05) is 0 Å². The Morgan fingerprint density at radius 3 is 2.42 bits per heavy atom. The molecule has 9 heteroatoms. The standard InChI is InChI=1S/C17H17BrN2O5S/c1-4-24-16(22)12-9(3)13(17(23)25-5-2)26-15(12)20-14(21)10-6-11(18)8-19-7-10/h6-8H,4-5H2,1-3H3,(H,20,21). The lowest BCUT2D eigenvalue weighted by Gasteiger charge is -2.07. The summed E-state index contributed by atoms with van der Waals surface area (Å²) in [4.78, 5) is 41.1. The van der Waals surface area contributed by atoms with Gasteiger partial charge in [0.15, 0.2) is 0 Å². The molecule has 0 saturated carbocycles. The van der Waals surface area contributed by atoms with Gasteiger partial charge in [0.25, 0.3) is 5.91 Å². The van der Waals surface area contributed by atoms with E-state index >= 15 is 0 Å². The Morgan fingerprint density at radius 2 is 1.81 bits per heavy atom. The van der Waals surface area contributed by atoms with Gasteiger partial charge in [0.2, 0.25) is 0 Å². The van der Waals surface area contributed by atoms with Crippen LogP contribution in [0, 0.1) is 6.92 Å². The highest BCUT2D eigenvalue weighted by Crippen LogP contribution is 2.34. The van der Waals surface area contributed by atoms with Crippen molar-refractivity contribution in [3.05, 3.63) is 44.5 Å². The second kappa shape index (κ2) is 8.91. The number of aromatic nitrogens is 1. The molecule has 2 aromatic heterocycles. The number of ether oxygens (including phenoxy) is 2. The molecule has 1 amide bonds. The van der Waals surface area contributed by atoms with Crippen LogP contribution in [0.15, 0.2) is 22.9 Å². The molecule has 1 N–H and O–H groups in total. The predicted molar refractivity (Wildman–Crippen MR) is 101 cm³/mol. The summed E-state index contributed by atoms with van der Waals surface area (Å²) in [5.41, 5.74) is 0.865. The van der Waals surface area contributed by atoms with E-state index in [9.17, 15) is 14.4 Å². The summed E-state index contributed by atoms with van der Waals surface area (Å²) < 4.78 is 10.7. The molecule has 0 aliphatic heterocycles. The lowest BCUT2D eigenvalue weighted by atomic mass is 10.1. The Kier molecular flexibility index (Phi) is 6.87. The summed E-state index contributed by atoms with van der Waals surface area (Å²) in [6.07, 6.45) is 2.95. The Bertz CT molecular complexity index is 850. The number of hydrogen-bond donors (Lipinski definition) is 1. The first-order valence-electron chi connectivity index (χ1n) is 7.78. The molecule has 0 bridgehead atoms. The van der Waals surface area contributed by atoms with Crippen LogP contribution in [0.3, 0.4) is 0 Å². The third-order valence-corrected chi connectivity index (χ3v) is 4.90. The zero-order valence-corrected chi connectivity index (χ0v) is 16.8. The van der Waals surface area contributed by atoms with E-state index in [-0.39, 0.29) is 28.7 Å². The van der Waals surface area contributed by atoms with Gasteiger partial charge in [-0.05, 0) is 48.3 Å². The van der Waals surface area contributed by atoms with Crippen LogP contribution in [0.5, 0.6) is 0 Å². The van der Waals surface area contributed by atoms with E-state index in [1.54, 1.807) is 33.0 Å². The lowest BCUT2D eigenvalue weighted by molar-refractivity contribution is 0.0527. The number of nitrogens with zero attached hydrogens (tertiary/aromatic N) is 1. The molecule has 0 aromatic carbocycles. The van der Waals surface area contributed by atoms with E-state index in [1.165, 1.54) is 6.20 Å². The van der Waals surface area contributed by atoms with Gasteiger partial charge < -0.3 is 14.8 Å². The Labute approximate surface area is 162 Å². The molecule has 0 aliphatic rings. The molecule has 0 spiro atoms. The number of nitrogens with one attached hydrogen (secondary N) is 1. The summed E-state index contributed by atoms with van der Waals surface area (Å²) in [6, 6.07) is 1.60. The number of halogens is 1. The molecular formula is C17H17BrN2O5S. The van der Waals surface area contributed by atoms with Crippen molar-refractivity contribution in [2.24, 2.45) is 0 Å². The molecule has 26 heavy (non-hydrogen) atoms. The maximum atomic E-state index is 12.5. The van der Waals surface area contributed by atoms with Crippen LogP contribution >= 0.6 is 27.3 Å². The maximum absolute atomic E-state index is 12.5. The number of amides is 1. The normalized spacial score (nSPS) is 10.3. The van der Waals surface area contributed by atoms with Crippen molar-refractivity contribution in [3.63, 3.8) is 0 Å². The molecule has 0 aliphatic carbocycles. The van der Waals surface area contributed by atoms with Crippen molar-refractivity contribution < 1.29 is 23.9 Å². The van der Waals surface area contributed by atoms with E-state index in [0.29, 0.717) is 15.6 Å². The first-order chi connectivity index (χ1) is 12.4. The number of carbonyl (C=O) groups is 3. The number of carbonyl (C=O) groups excluding carboxylic acids is 3. The van der Waals surface area contributed by atoms with Crippen molar-refractivity contribution in [1.29, 1.82) is 0 Å². The molecule has 7 nitrogen and oxygen atoms in total. The highest BCUT2D eigenvalue weighted by Gasteiger charge is 2.27. The van der Waals surface area contributed by atoms with Gasteiger partial charge in [-0.3, -0.25) is 9.78 Å². The minimum atomic E-state index is -0.612. The van der Waals surface area contributed by atoms with Crippen LogP contribution in [0.4, 0.5) is 5.00 Å². The summed E-state index contributed by atoms with van der Waals surface area (Å²) >= 11 is 4.23. The Hall–Kier alpha value is -2.26. The van der Waals surface area contributed by atoms with Gasteiger partial charge in [0.05, 0.1) is 24.3 Å². The van der Waals surface area contributed by atoms with Gasteiger partial charge in [-0.25, -0.2) is 9.59 Å². The van der Waals surface area contributed by atoms with Crippen molar-refractivity contribution in [2.45, 2.75) is 20.8 Å². The lowest BCUT2D eigenvalue weighted by Crippen LogP contribution is -2.15. The minimum absolute atomic E-state index is 0.149. The van der Waals surface area contributed by atoms with E-state index in [4.69, 9.17) is 9.47 Å². The van der Waals surface area contributed by atoms with Gasteiger partial charge in [-0.15, -0.1) is 11.3 Å². The number of pyridine rings is 1. The molecule has 2 aromatic rings. The number of thiophene rings is 1. The molecule has 0 radical (unpaired) electrons. The number of rotatable bonds is 6. The Balaban J connectivity index is 2.42. The van der Waals surface area contributed by atoms with Crippen LogP contribution < -0.4 is 5.32 Å². The van der Waals surface area contributed by atoms with E-state index < -0.39 is 17.8 Å². The predicted octanol–water partition coefficient (Wildman–Crippen LogP) is 3.82. The molecule has 2 rings (SSSR count). The monoisotopic (exact) mass is 440 g/mol. The largest absolute Gasteiger partial charge is 0.462 e. The van der Waals surface area contributed by atoms with Crippen molar-refractivity contribution in [2.75, 3.05) is 18.5 Å². The fourth-order valence-electron chi connectivity index (χ4n) is 2.15. The van der Waals surface area contributed by atoms with E-state index in [2.05, 4.69) is 26.2 Å². The third kappa shape index (κ3) is 4.47. The average molecular weight is 441 g/mol. The second-order valence-electron chi connectivity index (χ2n) is 5.05. The van der Waals surface area contributed by atoms with Crippen molar-refractivity contribution in [3.8, 4) is 0 Å². The summed E-state index contributed by atoms with van der Waals surface area (Å²) in [5.74, 6) is -1.62. The van der Waals surface area contributed by atoms with E-state index in [1.807, 2.05) is 0 Å². The fourth-order valence-corrected chi connectivity index (χ4v) is 3.60. The SMILES string of the molecule is CCOC(=O)c1sc(NC(=O)c2cncc(Br)c2)c(C(=O)OCC)c1C. The zero-order chi connectivity index (χ0) is 19.3. The molecule has 0 atom stereocenters. The smallest absolute Gasteiger partial charge is 0.348 e. The quantitative estimate of drug-likeness (QED) is 0.685. The summed E-state index contributed by atoms with van der Waals surface area (Å²) in [6.45, 7) is 5.36. The van der Waals surface area contributed by atoms with Crippen LogP contribution in [-0.2, 0) is 9.47 Å². The summed E-state index contributed by atoms with van der Waals surface area (Å²) in [7, 11) is 0. The molecule has 0 fully saturated rings. The van der Waals surface area contributed by atoms with Crippen molar-refractivity contribution in [1.82, 2.24) is 4.98 Å². The van der Waals surface area contributed by atoms with Crippen LogP contribution in [-0.4, -0.2) is 36.0 Å². The zero-order valence-electron chi connectivity index (χ0n) is 14.4. The molecular weight excluding hydrogens is 424 g/mol. The maximum Gasteiger partial charge on any atom is 0.348 e. The van der Waals surface area contributed by atoms with Crippen molar-refractivity contribution >= 4 is 50.1 Å². The molecule has 138 valence electrons. The number of anilines is 1. The Morgan fingerprint density at radius 1 is 1.15 bits per heavy atom. The second-order valence-corrected chi connectivity index (χ2v) is 6.98. The third-order valence-electron chi connectivity index (χ3n) is 3.28. The first-order valence-corrected chi connectivity index (χ1v) is 9.39. The highest BCUT2D eigenvalue weighted by molar-refractivity contribution is 9.10. The highest BCUT2D eigenvalue weighted by atomic mass is 79.9. The van der Waals surface area contributed by atoms with Gasteiger partial charge >= 0.3 is 11.9 Å². The minimum Gasteiger partial charge on any atom is -0.462 e. The van der Waals surface area contributed by atoms with Crippen LogP contribution in [0.25, 0.3) is 0 Å². The summed E-state index contributed by atoms with van der Waals surface area (Å²) in [5, 5.41) is 2.89. The first kappa shape index (κ1) is 20.1. The molecule has 2 heterocycles. The van der Waals surface area contributed by atoms with Crippen LogP contribution in [0.1, 0.15) is 49.8 Å². The number of esters is 2. The topological polar surface area (TPSA) is 94.6 Å². The van der Waals surface area contributed by atoms with Gasteiger partial charge in [0.1, 0.15) is 9.88 Å².